The minimum absolute atomic E-state index is 0.130. The molecule has 0 atom stereocenters. The third-order valence-corrected chi connectivity index (χ3v) is 7.91. The van der Waals surface area contributed by atoms with Crippen molar-refractivity contribution in [2.45, 2.75) is 31.6 Å². The van der Waals surface area contributed by atoms with Gasteiger partial charge in [-0.05, 0) is 63.1 Å². The third-order valence-electron chi connectivity index (χ3n) is 5.74. The van der Waals surface area contributed by atoms with E-state index in [-0.39, 0.29) is 35.7 Å². The number of rotatable bonds is 7. The molecule has 0 aromatic heterocycles. The standard InChI is InChI=1S/C23H28ClN3O4S/c1-3-26(4-2)23(29)20-7-5-6-8-21(20)25-22(28)17-13-15-27(16-14-17)32(30,31)19-11-9-18(24)10-12-19/h5-12,17H,3-4,13-16H2,1-2H3,(H,25,28). The van der Waals surface area contributed by atoms with E-state index in [0.717, 1.165) is 0 Å². The molecule has 32 heavy (non-hydrogen) atoms. The van der Waals surface area contributed by atoms with Gasteiger partial charge in [0.25, 0.3) is 5.91 Å². The zero-order chi connectivity index (χ0) is 23.3. The second-order valence-electron chi connectivity index (χ2n) is 7.64. The number of nitrogens with zero attached hydrogens (tertiary/aromatic N) is 2. The molecule has 0 saturated carbocycles. The molecule has 7 nitrogen and oxygen atoms in total. The lowest BCUT2D eigenvalue weighted by Gasteiger charge is -2.30. The highest BCUT2D eigenvalue weighted by Gasteiger charge is 2.32. The van der Waals surface area contributed by atoms with E-state index in [1.165, 1.54) is 16.4 Å². The van der Waals surface area contributed by atoms with E-state index in [2.05, 4.69) is 5.32 Å². The average Bonchev–Trinajstić information content (AvgIpc) is 2.80. The van der Waals surface area contributed by atoms with Crippen LogP contribution in [0.2, 0.25) is 5.02 Å². The quantitative estimate of drug-likeness (QED) is 0.656. The molecule has 1 saturated heterocycles. The van der Waals surface area contributed by atoms with Crippen molar-refractivity contribution < 1.29 is 18.0 Å². The minimum atomic E-state index is -3.63. The van der Waals surface area contributed by atoms with Crippen molar-refractivity contribution in [3.8, 4) is 0 Å². The molecule has 172 valence electrons. The second kappa shape index (κ2) is 10.5. The van der Waals surface area contributed by atoms with Gasteiger partial charge >= 0.3 is 0 Å². The smallest absolute Gasteiger partial charge is 0.255 e. The normalized spacial score (nSPS) is 15.3. The lowest BCUT2D eigenvalue weighted by atomic mass is 9.97. The summed E-state index contributed by atoms with van der Waals surface area (Å²) in [6.45, 7) is 5.49. The predicted octanol–water partition coefficient (Wildman–Crippen LogP) is 3.86. The molecule has 1 heterocycles. The summed E-state index contributed by atoms with van der Waals surface area (Å²) >= 11 is 5.86. The van der Waals surface area contributed by atoms with Gasteiger partial charge in [0.1, 0.15) is 0 Å². The van der Waals surface area contributed by atoms with Gasteiger partial charge < -0.3 is 10.2 Å². The summed E-state index contributed by atoms with van der Waals surface area (Å²) in [4.78, 5) is 27.6. The lowest BCUT2D eigenvalue weighted by molar-refractivity contribution is -0.120. The van der Waals surface area contributed by atoms with Gasteiger partial charge in [-0.25, -0.2) is 8.42 Å². The fourth-order valence-electron chi connectivity index (χ4n) is 3.81. The van der Waals surface area contributed by atoms with Crippen LogP contribution in [0.3, 0.4) is 0 Å². The maximum atomic E-state index is 12.9. The van der Waals surface area contributed by atoms with E-state index in [9.17, 15) is 18.0 Å². The molecule has 0 spiro atoms. The fourth-order valence-corrected chi connectivity index (χ4v) is 5.40. The van der Waals surface area contributed by atoms with Crippen molar-refractivity contribution in [1.82, 2.24) is 9.21 Å². The van der Waals surface area contributed by atoms with Crippen molar-refractivity contribution in [3.63, 3.8) is 0 Å². The van der Waals surface area contributed by atoms with Gasteiger partial charge in [0.2, 0.25) is 15.9 Å². The zero-order valence-corrected chi connectivity index (χ0v) is 19.8. The van der Waals surface area contributed by atoms with E-state index in [1.54, 1.807) is 41.3 Å². The topological polar surface area (TPSA) is 86.8 Å². The van der Waals surface area contributed by atoms with Crippen LogP contribution in [0.25, 0.3) is 0 Å². The van der Waals surface area contributed by atoms with E-state index < -0.39 is 10.0 Å². The highest BCUT2D eigenvalue weighted by Crippen LogP contribution is 2.26. The number of piperidine rings is 1. The van der Waals surface area contributed by atoms with Crippen LogP contribution < -0.4 is 5.32 Å². The second-order valence-corrected chi connectivity index (χ2v) is 10.0. The molecule has 1 aliphatic rings. The molecule has 2 amide bonds. The molecule has 0 bridgehead atoms. The number of amides is 2. The summed E-state index contributed by atoms with van der Waals surface area (Å²) in [5, 5.41) is 3.36. The summed E-state index contributed by atoms with van der Waals surface area (Å²) in [7, 11) is -3.63. The first-order valence-corrected chi connectivity index (χ1v) is 12.5. The third kappa shape index (κ3) is 5.31. The van der Waals surface area contributed by atoms with Gasteiger partial charge in [0, 0.05) is 37.1 Å². The number of carbonyl (C=O) groups excluding carboxylic acids is 2. The summed E-state index contributed by atoms with van der Waals surface area (Å²) < 4.78 is 27.1. The lowest BCUT2D eigenvalue weighted by Crippen LogP contribution is -2.41. The van der Waals surface area contributed by atoms with Crippen LogP contribution in [-0.2, 0) is 14.8 Å². The number of hydrogen-bond acceptors (Lipinski definition) is 4. The van der Waals surface area contributed by atoms with Gasteiger partial charge in [-0.3, -0.25) is 9.59 Å². The number of sulfonamides is 1. The molecular weight excluding hydrogens is 450 g/mol. The van der Waals surface area contributed by atoms with Crippen LogP contribution >= 0.6 is 11.6 Å². The molecule has 0 aliphatic carbocycles. The molecule has 0 unspecified atom stereocenters. The van der Waals surface area contributed by atoms with E-state index in [0.29, 0.717) is 42.2 Å². The molecule has 1 aliphatic heterocycles. The monoisotopic (exact) mass is 477 g/mol. The SMILES string of the molecule is CCN(CC)C(=O)c1ccccc1NC(=O)C1CCN(S(=O)(=O)c2ccc(Cl)cc2)CC1. The van der Waals surface area contributed by atoms with Crippen molar-refractivity contribution in [1.29, 1.82) is 0 Å². The molecule has 3 rings (SSSR count). The summed E-state index contributed by atoms with van der Waals surface area (Å²) in [5.74, 6) is -0.661. The Labute approximate surface area is 194 Å². The highest BCUT2D eigenvalue weighted by atomic mass is 35.5. The Bertz CT molecular complexity index is 1060. The highest BCUT2D eigenvalue weighted by molar-refractivity contribution is 7.89. The Balaban J connectivity index is 1.66. The van der Waals surface area contributed by atoms with Crippen LogP contribution in [0.4, 0.5) is 5.69 Å². The first kappa shape index (κ1) is 24.2. The largest absolute Gasteiger partial charge is 0.339 e. The maximum Gasteiger partial charge on any atom is 0.255 e. The molecule has 1 N–H and O–H groups in total. The summed E-state index contributed by atoms with van der Waals surface area (Å²) in [6.07, 6.45) is 0.815. The van der Waals surface area contributed by atoms with Crippen molar-refractivity contribution in [2.75, 3.05) is 31.5 Å². The van der Waals surface area contributed by atoms with Gasteiger partial charge in [0.15, 0.2) is 0 Å². The Morgan fingerprint density at radius 3 is 2.22 bits per heavy atom. The van der Waals surface area contributed by atoms with Crippen molar-refractivity contribution in [2.24, 2.45) is 5.92 Å². The Morgan fingerprint density at radius 1 is 1.03 bits per heavy atom. The fraction of sp³-hybridized carbons (Fsp3) is 0.391. The molecule has 0 radical (unpaired) electrons. The van der Waals surface area contributed by atoms with Crippen LogP contribution in [0, 0.1) is 5.92 Å². The van der Waals surface area contributed by atoms with Gasteiger partial charge in [0.05, 0.1) is 16.1 Å². The molecule has 2 aromatic rings. The number of nitrogens with one attached hydrogen (secondary N) is 1. The minimum Gasteiger partial charge on any atom is -0.339 e. The number of benzene rings is 2. The number of carbonyl (C=O) groups is 2. The van der Waals surface area contributed by atoms with Gasteiger partial charge in [-0.1, -0.05) is 23.7 Å². The first-order valence-electron chi connectivity index (χ1n) is 10.7. The summed E-state index contributed by atoms with van der Waals surface area (Å²) in [5.41, 5.74) is 0.929. The Kier molecular flexibility index (Phi) is 7.92. The average molecular weight is 478 g/mol. The number of hydrogen-bond donors (Lipinski definition) is 1. The van der Waals surface area contributed by atoms with Gasteiger partial charge in [-0.15, -0.1) is 0 Å². The maximum absolute atomic E-state index is 12.9. The van der Waals surface area contributed by atoms with Crippen LogP contribution in [0.5, 0.6) is 0 Å². The molecular formula is C23H28ClN3O4S. The van der Waals surface area contributed by atoms with Crippen LogP contribution in [-0.4, -0.2) is 55.6 Å². The Morgan fingerprint density at radius 2 is 1.62 bits per heavy atom. The van der Waals surface area contributed by atoms with Crippen LogP contribution in [0.1, 0.15) is 37.0 Å². The molecule has 9 heteroatoms. The number of halogens is 1. The van der Waals surface area contributed by atoms with E-state index in [4.69, 9.17) is 11.6 Å². The van der Waals surface area contributed by atoms with E-state index >= 15 is 0 Å². The van der Waals surface area contributed by atoms with Crippen LogP contribution in [0.15, 0.2) is 53.4 Å². The number of anilines is 1. The molecule has 1 fully saturated rings. The summed E-state index contributed by atoms with van der Waals surface area (Å²) in [6, 6.07) is 13.0. The first-order chi connectivity index (χ1) is 15.3. The van der Waals surface area contributed by atoms with Gasteiger partial charge in [-0.2, -0.15) is 4.31 Å². The van der Waals surface area contributed by atoms with E-state index in [1.807, 2.05) is 13.8 Å². The molecule has 2 aromatic carbocycles. The van der Waals surface area contributed by atoms with Crippen molar-refractivity contribution >= 4 is 39.1 Å². The number of para-hydroxylation sites is 1. The predicted molar refractivity (Wildman–Crippen MR) is 125 cm³/mol. The van der Waals surface area contributed by atoms with Crippen molar-refractivity contribution in [3.05, 3.63) is 59.1 Å². The Hall–Kier alpha value is -2.42. The zero-order valence-electron chi connectivity index (χ0n) is 18.3.